The number of aromatic nitrogens is 1. The van der Waals surface area contributed by atoms with Crippen LogP contribution in [0, 0.1) is 0 Å². The fourth-order valence-electron chi connectivity index (χ4n) is 1.33. The zero-order valence-electron chi connectivity index (χ0n) is 8.74. The highest BCUT2D eigenvalue weighted by Gasteiger charge is 1.96. The van der Waals surface area contributed by atoms with Gasteiger partial charge in [0.25, 0.3) is 0 Å². The van der Waals surface area contributed by atoms with E-state index in [9.17, 15) is 5.11 Å². The van der Waals surface area contributed by atoms with E-state index in [1.807, 2.05) is 30.3 Å². The maximum absolute atomic E-state index is 9.52. The van der Waals surface area contributed by atoms with E-state index in [1.54, 1.807) is 24.5 Å². The average Bonchev–Trinajstić information content (AvgIpc) is 2.33. The van der Waals surface area contributed by atoms with Gasteiger partial charge in [-0.25, -0.2) is 0 Å². The van der Waals surface area contributed by atoms with Crippen LogP contribution in [0.3, 0.4) is 0 Å². The van der Waals surface area contributed by atoms with Crippen LogP contribution < -0.4 is 0 Å². The minimum Gasteiger partial charge on any atom is -0.508 e. The smallest absolute Gasteiger partial charge is 0.120 e. The number of pyridine rings is 1. The summed E-state index contributed by atoms with van der Waals surface area (Å²) in [6.07, 6.45) is 3.42. The molecule has 0 aliphatic rings. The highest BCUT2D eigenvalue weighted by Crippen LogP contribution is 2.15. The minimum atomic E-state index is 0.278. The van der Waals surface area contributed by atoms with Crippen molar-refractivity contribution in [3.63, 3.8) is 0 Å². The number of hydrogen-bond acceptors (Lipinski definition) is 3. The van der Waals surface area contributed by atoms with E-state index in [-0.39, 0.29) is 5.75 Å². The topological polar surface area (TPSA) is 45.5 Å². The van der Waals surface area contributed by atoms with Crippen LogP contribution in [0.15, 0.2) is 53.7 Å². The average molecular weight is 212 g/mol. The summed E-state index contributed by atoms with van der Waals surface area (Å²) in [5.74, 6) is 0.278. The number of aromatic hydroxyl groups is 1. The molecule has 1 aromatic heterocycles. The first-order valence-corrected chi connectivity index (χ1v) is 5.04. The predicted molar refractivity (Wildman–Crippen MR) is 63.6 cm³/mol. The van der Waals surface area contributed by atoms with Crippen molar-refractivity contribution in [3.8, 4) is 5.75 Å². The molecule has 0 radical (unpaired) electrons. The predicted octanol–water partition coefficient (Wildman–Crippen LogP) is 2.41. The second kappa shape index (κ2) is 5.07. The van der Waals surface area contributed by atoms with Gasteiger partial charge < -0.3 is 5.11 Å². The monoisotopic (exact) mass is 212 g/mol. The van der Waals surface area contributed by atoms with Gasteiger partial charge in [-0.15, -0.1) is 0 Å². The second-order valence-electron chi connectivity index (χ2n) is 3.35. The summed E-state index contributed by atoms with van der Waals surface area (Å²) in [5, 5.41) is 9.52. The third-order valence-corrected chi connectivity index (χ3v) is 2.16. The number of hydrogen-bond donors (Lipinski definition) is 1. The van der Waals surface area contributed by atoms with Crippen molar-refractivity contribution in [2.75, 3.05) is 0 Å². The molecule has 0 saturated carbocycles. The Bertz CT molecular complexity index is 480. The van der Waals surface area contributed by atoms with Gasteiger partial charge in [0.1, 0.15) is 5.75 Å². The van der Waals surface area contributed by atoms with Gasteiger partial charge in [-0.05, 0) is 18.2 Å². The largest absolute Gasteiger partial charge is 0.508 e. The summed E-state index contributed by atoms with van der Waals surface area (Å²) in [6.45, 7) is 0.462. The Balaban J connectivity index is 2.03. The number of phenols is 1. The van der Waals surface area contributed by atoms with Crippen molar-refractivity contribution < 1.29 is 5.11 Å². The summed E-state index contributed by atoms with van der Waals surface area (Å²) in [7, 11) is 0. The summed E-state index contributed by atoms with van der Waals surface area (Å²) in [6, 6.07) is 12.8. The Morgan fingerprint density at radius 2 is 1.94 bits per heavy atom. The fourth-order valence-corrected chi connectivity index (χ4v) is 1.33. The molecule has 1 N–H and O–H groups in total. The lowest BCUT2D eigenvalue weighted by Crippen LogP contribution is -1.87. The summed E-state index contributed by atoms with van der Waals surface area (Å²) in [5.41, 5.74) is 1.63. The zero-order valence-corrected chi connectivity index (χ0v) is 8.74. The van der Waals surface area contributed by atoms with Crippen LogP contribution >= 0.6 is 0 Å². The lowest BCUT2D eigenvalue weighted by atomic mass is 10.2. The molecule has 0 saturated heterocycles. The van der Waals surface area contributed by atoms with Crippen molar-refractivity contribution in [2.24, 2.45) is 4.99 Å². The van der Waals surface area contributed by atoms with Crippen molar-refractivity contribution in [1.29, 1.82) is 0 Å². The normalized spacial score (nSPS) is 10.8. The first kappa shape index (κ1) is 10.4. The summed E-state index contributed by atoms with van der Waals surface area (Å²) >= 11 is 0. The molecule has 0 aliphatic carbocycles. The molecule has 0 amide bonds. The molecular weight excluding hydrogens is 200 g/mol. The van der Waals surface area contributed by atoms with Gasteiger partial charge in [-0.3, -0.25) is 9.98 Å². The maximum Gasteiger partial charge on any atom is 0.120 e. The van der Waals surface area contributed by atoms with E-state index in [1.165, 1.54) is 0 Å². The molecule has 80 valence electrons. The Hall–Kier alpha value is -2.16. The van der Waals surface area contributed by atoms with E-state index in [0.717, 1.165) is 11.3 Å². The second-order valence-corrected chi connectivity index (χ2v) is 3.35. The number of rotatable bonds is 3. The van der Waals surface area contributed by atoms with Crippen LogP contribution in [0.25, 0.3) is 0 Å². The molecule has 2 rings (SSSR count). The molecule has 0 aliphatic heterocycles. The SMILES string of the molecule is Oc1ccccc1CN=Cc1ccccn1. The minimum absolute atomic E-state index is 0.278. The molecule has 0 fully saturated rings. The molecule has 2 aromatic rings. The highest BCUT2D eigenvalue weighted by atomic mass is 16.3. The highest BCUT2D eigenvalue weighted by molar-refractivity contribution is 5.76. The molecule has 0 spiro atoms. The Morgan fingerprint density at radius 3 is 2.69 bits per heavy atom. The molecule has 3 nitrogen and oxygen atoms in total. The Labute approximate surface area is 94.1 Å². The van der Waals surface area contributed by atoms with E-state index in [4.69, 9.17) is 0 Å². The van der Waals surface area contributed by atoms with Crippen LogP contribution in [-0.4, -0.2) is 16.3 Å². The molecule has 1 aromatic carbocycles. The van der Waals surface area contributed by atoms with Gasteiger partial charge in [-0.1, -0.05) is 24.3 Å². The van der Waals surface area contributed by atoms with Crippen molar-refractivity contribution in [3.05, 3.63) is 59.9 Å². The third-order valence-electron chi connectivity index (χ3n) is 2.16. The van der Waals surface area contributed by atoms with Gasteiger partial charge in [-0.2, -0.15) is 0 Å². The number of phenolic OH excluding ortho intramolecular Hbond substituents is 1. The van der Waals surface area contributed by atoms with Gasteiger partial charge in [0.2, 0.25) is 0 Å². The van der Waals surface area contributed by atoms with E-state index >= 15 is 0 Å². The Morgan fingerprint density at radius 1 is 1.12 bits per heavy atom. The molecule has 0 unspecified atom stereocenters. The van der Waals surface area contributed by atoms with Crippen LogP contribution in [0.1, 0.15) is 11.3 Å². The van der Waals surface area contributed by atoms with Gasteiger partial charge >= 0.3 is 0 Å². The van der Waals surface area contributed by atoms with Crippen molar-refractivity contribution in [2.45, 2.75) is 6.54 Å². The standard InChI is InChI=1S/C13H12N2O/c16-13-7-2-1-5-11(13)9-14-10-12-6-3-4-8-15-12/h1-8,10,16H,9H2. The van der Waals surface area contributed by atoms with E-state index < -0.39 is 0 Å². The Kier molecular flexibility index (Phi) is 3.28. The van der Waals surface area contributed by atoms with Crippen LogP contribution in [0.4, 0.5) is 0 Å². The molecule has 0 bridgehead atoms. The summed E-state index contributed by atoms with van der Waals surface area (Å²) < 4.78 is 0. The first-order valence-electron chi connectivity index (χ1n) is 5.04. The zero-order chi connectivity index (χ0) is 11.2. The molecule has 3 heteroatoms. The first-order chi connectivity index (χ1) is 7.86. The number of benzene rings is 1. The van der Waals surface area contributed by atoms with Crippen LogP contribution in [0.5, 0.6) is 5.75 Å². The number of para-hydroxylation sites is 1. The summed E-state index contributed by atoms with van der Waals surface area (Å²) in [4.78, 5) is 8.35. The van der Waals surface area contributed by atoms with E-state index in [0.29, 0.717) is 6.54 Å². The molecule has 1 heterocycles. The van der Waals surface area contributed by atoms with Gasteiger partial charge in [0.05, 0.1) is 12.2 Å². The fraction of sp³-hybridized carbons (Fsp3) is 0.0769. The van der Waals surface area contributed by atoms with Gasteiger partial charge in [0, 0.05) is 18.0 Å². The third kappa shape index (κ3) is 2.67. The number of aliphatic imine (C=N–C) groups is 1. The quantitative estimate of drug-likeness (QED) is 0.794. The van der Waals surface area contributed by atoms with E-state index in [2.05, 4.69) is 9.98 Å². The maximum atomic E-state index is 9.52. The lowest BCUT2D eigenvalue weighted by Gasteiger charge is -1.99. The lowest BCUT2D eigenvalue weighted by molar-refractivity contribution is 0.468. The van der Waals surface area contributed by atoms with Crippen LogP contribution in [-0.2, 0) is 6.54 Å². The molecule has 16 heavy (non-hydrogen) atoms. The number of nitrogens with zero attached hydrogens (tertiary/aromatic N) is 2. The molecule has 0 atom stereocenters. The van der Waals surface area contributed by atoms with Gasteiger partial charge in [0.15, 0.2) is 0 Å². The van der Waals surface area contributed by atoms with Crippen molar-refractivity contribution in [1.82, 2.24) is 4.98 Å². The molecular formula is C13H12N2O. The van der Waals surface area contributed by atoms with Crippen LogP contribution in [0.2, 0.25) is 0 Å². The van der Waals surface area contributed by atoms with Crippen molar-refractivity contribution >= 4 is 6.21 Å².